The van der Waals surface area contributed by atoms with Gasteiger partial charge in [0.2, 0.25) is 5.91 Å². The molecule has 1 aliphatic carbocycles. The fraction of sp³-hybridized carbons (Fsp3) is 0.348. The van der Waals surface area contributed by atoms with E-state index >= 15 is 0 Å². The number of hydrogen-bond acceptors (Lipinski definition) is 4. The lowest BCUT2D eigenvalue weighted by Gasteiger charge is -2.24. The fourth-order valence-corrected chi connectivity index (χ4v) is 4.93. The van der Waals surface area contributed by atoms with Crippen molar-refractivity contribution in [1.29, 1.82) is 0 Å². The van der Waals surface area contributed by atoms with Crippen LogP contribution in [-0.2, 0) is 14.8 Å². The molecule has 2 aromatic rings. The van der Waals surface area contributed by atoms with Gasteiger partial charge in [-0.15, -0.1) is 0 Å². The summed E-state index contributed by atoms with van der Waals surface area (Å²) >= 11 is 5.91. The van der Waals surface area contributed by atoms with Crippen LogP contribution >= 0.6 is 11.6 Å². The number of benzene rings is 2. The molecule has 166 valence electrons. The van der Waals surface area contributed by atoms with Gasteiger partial charge in [-0.2, -0.15) is 0 Å². The molecule has 0 unspecified atom stereocenters. The third kappa shape index (κ3) is 6.24. The molecule has 0 atom stereocenters. The van der Waals surface area contributed by atoms with Crippen molar-refractivity contribution in [3.05, 3.63) is 65.2 Å². The van der Waals surface area contributed by atoms with Gasteiger partial charge in [-0.1, -0.05) is 23.3 Å². The van der Waals surface area contributed by atoms with Crippen molar-refractivity contribution in [2.24, 2.45) is 0 Å². The molecule has 1 amide bonds. The molecule has 3 rings (SSSR count). The lowest BCUT2D eigenvalue weighted by atomic mass is 10.00. The Balaban J connectivity index is 1.83. The number of hydrogen-bond donors (Lipinski definition) is 1. The summed E-state index contributed by atoms with van der Waals surface area (Å²) in [5.74, 6) is 0.265. The average molecular weight is 463 g/mol. The molecule has 0 fully saturated rings. The highest BCUT2D eigenvalue weighted by molar-refractivity contribution is 7.92. The van der Waals surface area contributed by atoms with E-state index in [1.807, 2.05) is 6.92 Å². The standard InChI is InChI=1S/C23H27ClN2O4S/c1-2-30-21-12-10-20(11-13-21)26(31(28,29)22-14-8-19(24)9-15-22)17-23(27)25-16-18-6-4-3-5-7-18/h6,8-15H,2-5,7,16-17H2,1H3,(H,25,27). The van der Waals surface area contributed by atoms with Gasteiger partial charge >= 0.3 is 0 Å². The molecule has 0 radical (unpaired) electrons. The molecule has 0 bridgehead atoms. The molecule has 8 heteroatoms. The quantitative estimate of drug-likeness (QED) is 0.554. The second-order valence-electron chi connectivity index (χ2n) is 7.28. The number of halogens is 1. The van der Waals surface area contributed by atoms with Crippen molar-refractivity contribution in [3.8, 4) is 5.75 Å². The Kier molecular flexibility index (Phi) is 7.98. The van der Waals surface area contributed by atoms with Gasteiger partial charge in [0, 0.05) is 11.6 Å². The van der Waals surface area contributed by atoms with Crippen LogP contribution in [0.5, 0.6) is 5.75 Å². The summed E-state index contributed by atoms with van der Waals surface area (Å²) in [5.41, 5.74) is 1.57. The average Bonchev–Trinajstić information content (AvgIpc) is 2.78. The first-order chi connectivity index (χ1) is 14.9. The summed E-state index contributed by atoms with van der Waals surface area (Å²) in [6.07, 6.45) is 6.42. The highest BCUT2D eigenvalue weighted by Crippen LogP contribution is 2.26. The van der Waals surface area contributed by atoms with Gasteiger partial charge in [0.25, 0.3) is 10.0 Å². The Morgan fingerprint density at radius 3 is 2.42 bits per heavy atom. The number of allylic oxidation sites excluding steroid dienone is 1. The number of carbonyl (C=O) groups is 1. The van der Waals surface area contributed by atoms with E-state index in [4.69, 9.17) is 16.3 Å². The van der Waals surface area contributed by atoms with Crippen LogP contribution < -0.4 is 14.4 Å². The minimum atomic E-state index is -3.98. The predicted octanol–water partition coefficient (Wildman–Crippen LogP) is 4.55. The van der Waals surface area contributed by atoms with Crippen molar-refractivity contribution in [3.63, 3.8) is 0 Å². The Morgan fingerprint density at radius 2 is 1.81 bits per heavy atom. The predicted molar refractivity (Wildman–Crippen MR) is 123 cm³/mol. The first kappa shape index (κ1) is 23.2. The molecule has 31 heavy (non-hydrogen) atoms. The SMILES string of the molecule is CCOc1ccc(N(CC(=O)NCC2=CCCCC2)S(=O)(=O)c2ccc(Cl)cc2)cc1. The van der Waals surface area contributed by atoms with Crippen molar-refractivity contribution >= 4 is 33.2 Å². The van der Waals surface area contributed by atoms with E-state index in [1.165, 1.54) is 36.3 Å². The molecule has 0 spiro atoms. The van der Waals surface area contributed by atoms with Gasteiger partial charge in [0.15, 0.2) is 0 Å². The second kappa shape index (κ2) is 10.7. The third-order valence-corrected chi connectivity index (χ3v) is 7.06. The molecule has 0 saturated carbocycles. The molecular weight excluding hydrogens is 436 g/mol. The normalized spacial score (nSPS) is 13.9. The molecule has 1 aliphatic rings. The largest absolute Gasteiger partial charge is 0.494 e. The zero-order valence-corrected chi connectivity index (χ0v) is 19.1. The van der Waals surface area contributed by atoms with E-state index in [-0.39, 0.29) is 17.3 Å². The van der Waals surface area contributed by atoms with E-state index in [9.17, 15) is 13.2 Å². The smallest absolute Gasteiger partial charge is 0.264 e. The van der Waals surface area contributed by atoms with Crippen molar-refractivity contribution in [2.75, 3.05) is 24.0 Å². The van der Waals surface area contributed by atoms with Gasteiger partial charge in [-0.25, -0.2) is 8.42 Å². The van der Waals surface area contributed by atoms with Gasteiger partial charge in [0.1, 0.15) is 12.3 Å². The topological polar surface area (TPSA) is 75.7 Å². The third-order valence-electron chi connectivity index (χ3n) is 5.02. The monoisotopic (exact) mass is 462 g/mol. The Labute approximate surface area is 188 Å². The number of nitrogens with one attached hydrogen (secondary N) is 1. The first-order valence-corrected chi connectivity index (χ1v) is 12.2. The molecule has 6 nitrogen and oxygen atoms in total. The van der Waals surface area contributed by atoms with Crippen LogP contribution in [0.1, 0.15) is 32.6 Å². The minimum absolute atomic E-state index is 0.0635. The number of sulfonamides is 1. The number of amides is 1. The number of anilines is 1. The van der Waals surface area contributed by atoms with Gasteiger partial charge in [0.05, 0.1) is 17.2 Å². The molecular formula is C23H27ClN2O4S. The van der Waals surface area contributed by atoms with Gasteiger partial charge < -0.3 is 10.1 Å². The molecule has 0 aliphatic heterocycles. The van der Waals surface area contributed by atoms with E-state index < -0.39 is 10.0 Å². The van der Waals surface area contributed by atoms with Crippen molar-refractivity contribution < 1.29 is 17.9 Å². The lowest BCUT2D eigenvalue weighted by Crippen LogP contribution is -2.41. The number of rotatable bonds is 9. The zero-order chi connectivity index (χ0) is 22.3. The maximum absolute atomic E-state index is 13.4. The highest BCUT2D eigenvalue weighted by atomic mass is 35.5. The zero-order valence-electron chi connectivity index (χ0n) is 17.5. The molecule has 1 N–H and O–H groups in total. The Hall–Kier alpha value is -2.51. The number of carbonyl (C=O) groups excluding carboxylic acids is 1. The summed E-state index contributed by atoms with van der Waals surface area (Å²) < 4.78 is 33.3. The summed E-state index contributed by atoms with van der Waals surface area (Å²) in [5, 5.41) is 3.29. The van der Waals surface area contributed by atoms with Crippen molar-refractivity contribution in [2.45, 2.75) is 37.5 Å². The summed E-state index contributed by atoms with van der Waals surface area (Å²) in [7, 11) is -3.98. The minimum Gasteiger partial charge on any atom is -0.494 e. The lowest BCUT2D eigenvalue weighted by molar-refractivity contribution is -0.119. The van der Waals surface area contributed by atoms with Crippen LogP contribution in [0.3, 0.4) is 0 Å². The molecule has 2 aromatic carbocycles. The number of ether oxygens (including phenoxy) is 1. The highest BCUT2D eigenvalue weighted by Gasteiger charge is 2.27. The van der Waals surface area contributed by atoms with E-state index in [2.05, 4.69) is 11.4 Å². The van der Waals surface area contributed by atoms with Crippen LogP contribution in [0.15, 0.2) is 65.1 Å². The first-order valence-electron chi connectivity index (χ1n) is 10.4. The van der Waals surface area contributed by atoms with Crippen molar-refractivity contribution in [1.82, 2.24) is 5.32 Å². The second-order valence-corrected chi connectivity index (χ2v) is 9.58. The Bertz CT molecular complexity index is 1020. The summed E-state index contributed by atoms with van der Waals surface area (Å²) in [6, 6.07) is 12.5. The summed E-state index contributed by atoms with van der Waals surface area (Å²) in [4.78, 5) is 12.7. The van der Waals surface area contributed by atoms with E-state index in [1.54, 1.807) is 24.3 Å². The fourth-order valence-electron chi connectivity index (χ4n) is 3.39. The van der Waals surface area contributed by atoms with Crippen LogP contribution in [0.2, 0.25) is 5.02 Å². The van der Waals surface area contributed by atoms with Crippen LogP contribution in [0.4, 0.5) is 5.69 Å². The van der Waals surface area contributed by atoms with Crippen LogP contribution in [0.25, 0.3) is 0 Å². The maximum Gasteiger partial charge on any atom is 0.264 e. The van der Waals surface area contributed by atoms with Gasteiger partial charge in [-0.3, -0.25) is 9.10 Å². The Morgan fingerprint density at radius 1 is 1.10 bits per heavy atom. The summed E-state index contributed by atoms with van der Waals surface area (Å²) in [6.45, 7) is 2.49. The van der Waals surface area contributed by atoms with Crippen LogP contribution in [-0.4, -0.2) is 34.0 Å². The maximum atomic E-state index is 13.4. The van der Waals surface area contributed by atoms with Crippen LogP contribution in [0, 0.1) is 0 Å². The van der Waals surface area contributed by atoms with E-state index in [0.717, 1.165) is 23.6 Å². The number of nitrogens with zero attached hydrogens (tertiary/aromatic N) is 1. The molecule has 0 heterocycles. The van der Waals surface area contributed by atoms with E-state index in [0.29, 0.717) is 29.6 Å². The molecule has 0 aromatic heterocycles. The van der Waals surface area contributed by atoms with Gasteiger partial charge in [-0.05, 0) is 81.1 Å². The molecule has 0 saturated heterocycles.